The second-order valence-corrected chi connectivity index (χ2v) is 7.64. The Kier molecular flexibility index (Phi) is 5.60. The van der Waals surface area contributed by atoms with Crippen molar-refractivity contribution >= 4 is 22.8 Å². The van der Waals surface area contributed by atoms with E-state index < -0.39 is 0 Å². The molecule has 150 valence electrons. The summed E-state index contributed by atoms with van der Waals surface area (Å²) in [6, 6.07) is 15.6. The number of benzene rings is 2. The number of rotatable bonds is 5. The number of para-hydroxylation sites is 2. The highest BCUT2D eigenvalue weighted by molar-refractivity contribution is 5.95. The van der Waals surface area contributed by atoms with E-state index in [0.717, 1.165) is 40.8 Å². The molecule has 0 bridgehead atoms. The third-order valence-corrected chi connectivity index (χ3v) is 5.59. The van der Waals surface area contributed by atoms with Gasteiger partial charge >= 0.3 is 0 Å². The summed E-state index contributed by atoms with van der Waals surface area (Å²) >= 11 is 0. The number of likely N-dealkylation sites (tertiary alicyclic amines) is 1. The van der Waals surface area contributed by atoms with E-state index in [1.54, 1.807) is 0 Å². The molecule has 0 radical (unpaired) electrons. The van der Waals surface area contributed by atoms with Gasteiger partial charge in [-0.2, -0.15) is 0 Å². The third-order valence-electron chi connectivity index (χ3n) is 5.59. The molecule has 2 N–H and O–H groups in total. The molecule has 2 heterocycles. The van der Waals surface area contributed by atoms with Gasteiger partial charge in [-0.3, -0.25) is 9.59 Å². The van der Waals surface area contributed by atoms with Crippen molar-refractivity contribution in [3.05, 3.63) is 65.5 Å². The Morgan fingerprint density at radius 3 is 2.59 bits per heavy atom. The van der Waals surface area contributed by atoms with Gasteiger partial charge in [-0.15, -0.1) is 0 Å². The zero-order valence-corrected chi connectivity index (χ0v) is 16.6. The second-order valence-electron chi connectivity index (χ2n) is 7.64. The quantitative estimate of drug-likeness (QED) is 0.702. The number of imidazole rings is 1. The number of H-pyrrole nitrogens is 1. The Balaban J connectivity index is 1.25. The summed E-state index contributed by atoms with van der Waals surface area (Å²) in [7, 11) is 0. The van der Waals surface area contributed by atoms with E-state index in [9.17, 15) is 9.59 Å². The monoisotopic (exact) mass is 390 g/mol. The summed E-state index contributed by atoms with van der Waals surface area (Å²) in [5, 5.41) is 3.12. The fourth-order valence-corrected chi connectivity index (χ4v) is 3.87. The molecule has 2 amide bonds. The van der Waals surface area contributed by atoms with E-state index in [1.807, 2.05) is 60.4 Å². The maximum absolute atomic E-state index is 12.6. The number of aromatic nitrogens is 2. The van der Waals surface area contributed by atoms with Crippen molar-refractivity contribution in [1.29, 1.82) is 0 Å². The molecule has 3 aromatic rings. The second kappa shape index (κ2) is 8.47. The number of carbonyl (C=O) groups is 2. The molecule has 4 rings (SSSR count). The molecule has 1 aliphatic heterocycles. The van der Waals surface area contributed by atoms with Crippen LogP contribution < -0.4 is 5.32 Å². The molecule has 29 heavy (non-hydrogen) atoms. The molecule has 0 spiro atoms. The molecule has 1 fully saturated rings. The number of hydrogen-bond donors (Lipinski definition) is 2. The van der Waals surface area contributed by atoms with Gasteiger partial charge in [-0.1, -0.05) is 30.3 Å². The van der Waals surface area contributed by atoms with E-state index in [0.29, 0.717) is 25.9 Å². The lowest BCUT2D eigenvalue weighted by molar-refractivity contribution is -0.132. The predicted octanol–water partition coefficient (Wildman–Crippen LogP) is 3.22. The first kappa shape index (κ1) is 19.2. The number of nitrogens with one attached hydrogen (secondary N) is 2. The number of nitrogens with zero attached hydrogens (tertiary/aromatic N) is 2. The van der Waals surface area contributed by atoms with Gasteiger partial charge in [0.25, 0.3) is 5.91 Å². The van der Waals surface area contributed by atoms with Crippen LogP contribution in [-0.4, -0.2) is 45.8 Å². The SMILES string of the molecule is Cc1ccccc1C(=O)NC1CCN(C(=O)CCc2nc3ccccc3[nH]2)CC1. The van der Waals surface area contributed by atoms with E-state index in [2.05, 4.69) is 15.3 Å². The number of fused-ring (bicyclic) bond motifs is 1. The van der Waals surface area contributed by atoms with Crippen LogP contribution in [0.4, 0.5) is 0 Å². The summed E-state index contributed by atoms with van der Waals surface area (Å²) < 4.78 is 0. The molecule has 6 nitrogen and oxygen atoms in total. The Morgan fingerprint density at radius 1 is 1.10 bits per heavy atom. The highest BCUT2D eigenvalue weighted by Crippen LogP contribution is 2.16. The van der Waals surface area contributed by atoms with Crippen LogP contribution in [0.1, 0.15) is 41.0 Å². The van der Waals surface area contributed by atoms with Gasteiger partial charge in [0.2, 0.25) is 5.91 Å². The maximum atomic E-state index is 12.6. The largest absolute Gasteiger partial charge is 0.349 e. The molecule has 1 aromatic heterocycles. The fraction of sp³-hybridized carbons (Fsp3) is 0.348. The number of amides is 2. The molecular weight excluding hydrogens is 364 g/mol. The smallest absolute Gasteiger partial charge is 0.251 e. The van der Waals surface area contributed by atoms with Crippen molar-refractivity contribution in [3.8, 4) is 0 Å². The van der Waals surface area contributed by atoms with Crippen molar-refractivity contribution in [2.75, 3.05) is 13.1 Å². The van der Waals surface area contributed by atoms with Gasteiger partial charge in [-0.05, 0) is 43.5 Å². The number of aryl methyl sites for hydroxylation is 2. The zero-order valence-electron chi connectivity index (χ0n) is 16.6. The highest BCUT2D eigenvalue weighted by Gasteiger charge is 2.24. The molecule has 0 unspecified atom stereocenters. The average Bonchev–Trinajstić information content (AvgIpc) is 3.16. The summed E-state index contributed by atoms with van der Waals surface area (Å²) in [4.78, 5) is 34.8. The zero-order chi connectivity index (χ0) is 20.2. The van der Waals surface area contributed by atoms with Crippen LogP contribution in [-0.2, 0) is 11.2 Å². The van der Waals surface area contributed by atoms with Gasteiger partial charge in [-0.25, -0.2) is 4.98 Å². The first-order valence-electron chi connectivity index (χ1n) is 10.2. The van der Waals surface area contributed by atoms with Crippen molar-refractivity contribution in [1.82, 2.24) is 20.2 Å². The van der Waals surface area contributed by atoms with Crippen LogP contribution >= 0.6 is 0 Å². The first-order chi connectivity index (χ1) is 14.1. The van der Waals surface area contributed by atoms with E-state index >= 15 is 0 Å². The molecular formula is C23H26N4O2. The van der Waals surface area contributed by atoms with Gasteiger partial charge in [0.05, 0.1) is 11.0 Å². The Hall–Kier alpha value is -3.15. The van der Waals surface area contributed by atoms with Crippen LogP contribution in [0.2, 0.25) is 0 Å². The topological polar surface area (TPSA) is 78.1 Å². The van der Waals surface area contributed by atoms with E-state index in [-0.39, 0.29) is 17.9 Å². The van der Waals surface area contributed by atoms with Crippen LogP contribution in [0.5, 0.6) is 0 Å². The minimum Gasteiger partial charge on any atom is -0.349 e. The summed E-state index contributed by atoms with van der Waals surface area (Å²) in [5.74, 6) is 0.965. The lowest BCUT2D eigenvalue weighted by Crippen LogP contribution is -2.46. The number of hydrogen-bond acceptors (Lipinski definition) is 3. The van der Waals surface area contributed by atoms with Gasteiger partial charge in [0, 0.05) is 37.5 Å². The summed E-state index contributed by atoms with van der Waals surface area (Å²) in [5.41, 5.74) is 3.63. The van der Waals surface area contributed by atoms with Crippen LogP contribution in [0.3, 0.4) is 0 Å². The molecule has 1 aliphatic rings. The normalized spacial score (nSPS) is 14.9. The Morgan fingerprint density at radius 2 is 1.83 bits per heavy atom. The average molecular weight is 390 g/mol. The molecule has 0 aliphatic carbocycles. The van der Waals surface area contributed by atoms with Crippen LogP contribution in [0.15, 0.2) is 48.5 Å². The minimum absolute atomic E-state index is 0.0298. The third kappa shape index (κ3) is 4.47. The molecule has 0 atom stereocenters. The summed E-state index contributed by atoms with van der Waals surface area (Å²) in [6.07, 6.45) is 2.62. The Labute approximate surface area is 170 Å². The summed E-state index contributed by atoms with van der Waals surface area (Å²) in [6.45, 7) is 3.30. The number of piperidine rings is 1. The van der Waals surface area contributed by atoms with Crippen molar-refractivity contribution in [2.24, 2.45) is 0 Å². The van der Waals surface area contributed by atoms with Crippen LogP contribution in [0, 0.1) is 6.92 Å². The van der Waals surface area contributed by atoms with Crippen molar-refractivity contribution < 1.29 is 9.59 Å². The predicted molar refractivity (Wildman–Crippen MR) is 113 cm³/mol. The van der Waals surface area contributed by atoms with Gasteiger partial charge < -0.3 is 15.2 Å². The van der Waals surface area contributed by atoms with Crippen molar-refractivity contribution in [2.45, 2.75) is 38.6 Å². The maximum Gasteiger partial charge on any atom is 0.251 e. The highest BCUT2D eigenvalue weighted by atomic mass is 16.2. The molecule has 2 aromatic carbocycles. The van der Waals surface area contributed by atoms with Crippen molar-refractivity contribution in [3.63, 3.8) is 0 Å². The van der Waals surface area contributed by atoms with E-state index in [4.69, 9.17) is 0 Å². The standard InChI is InChI=1S/C23H26N4O2/c1-16-6-2-3-7-18(16)23(29)24-17-12-14-27(15-13-17)22(28)11-10-21-25-19-8-4-5-9-20(19)26-21/h2-9,17H,10-15H2,1H3,(H,24,29)(H,25,26). The number of carbonyl (C=O) groups excluding carboxylic acids is 2. The van der Waals surface area contributed by atoms with Gasteiger partial charge in [0.15, 0.2) is 0 Å². The van der Waals surface area contributed by atoms with Crippen LogP contribution in [0.25, 0.3) is 11.0 Å². The molecule has 1 saturated heterocycles. The number of aromatic amines is 1. The van der Waals surface area contributed by atoms with E-state index in [1.165, 1.54) is 0 Å². The molecule has 6 heteroatoms. The minimum atomic E-state index is -0.0298. The first-order valence-corrected chi connectivity index (χ1v) is 10.2. The molecule has 0 saturated carbocycles. The van der Waals surface area contributed by atoms with Gasteiger partial charge in [0.1, 0.15) is 5.82 Å². The lowest BCUT2D eigenvalue weighted by Gasteiger charge is -2.32. The lowest BCUT2D eigenvalue weighted by atomic mass is 10.0. The fourth-order valence-electron chi connectivity index (χ4n) is 3.87. The Bertz CT molecular complexity index is 985.